The number of carbonyl (C=O) groups excluding carboxylic acids is 1. The molecule has 0 radical (unpaired) electrons. The summed E-state index contributed by atoms with van der Waals surface area (Å²) in [7, 11) is 1.69. The summed E-state index contributed by atoms with van der Waals surface area (Å²) in [5.74, 6) is -0.354. The molecule has 0 spiro atoms. The summed E-state index contributed by atoms with van der Waals surface area (Å²) in [6.07, 6.45) is 0. The Balaban J connectivity index is 1.97. The van der Waals surface area contributed by atoms with Crippen LogP contribution in [-0.2, 0) is 0 Å². The van der Waals surface area contributed by atoms with Gasteiger partial charge in [-0.3, -0.25) is 4.79 Å². The van der Waals surface area contributed by atoms with Crippen molar-refractivity contribution in [2.75, 3.05) is 7.05 Å². The van der Waals surface area contributed by atoms with Crippen LogP contribution < -0.4 is 5.63 Å². The van der Waals surface area contributed by atoms with Crippen LogP contribution in [0.5, 0.6) is 0 Å². The van der Waals surface area contributed by atoms with E-state index in [2.05, 4.69) is 4.98 Å². The summed E-state index contributed by atoms with van der Waals surface area (Å²) in [5, 5.41) is 1.69. The Morgan fingerprint density at radius 2 is 2.00 bits per heavy atom. The fourth-order valence-corrected chi connectivity index (χ4v) is 3.71. The van der Waals surface area contributed by atoms with Crippen LogP contribution in [-0.4, -0.2) is 22.8 Å². The van der Waals surface area contributed by atoms with Crippen LogP contribution in [0.3, 0.4) is 0 Å². The predicted molar refractivity (Wildman–Crippen MR) is 94.6 cm³/mol. The molecule has 3 rings (SSSR count). The van der Waals surface area contributed by atoms with Crippen LogP contribution in [0.25, 0.3) is 11.0 Å². The molecule has 0 aliphatic carbocycles. The van der Waals surface area contributed by atoms with Gasteiger partial charge in [-0.2, -0.15) is 0 Å². The molecule has 2 aromatic heterocycles. The van der Waals surface area contributed by atoms with E-state index in [4.69, 9.17) is 4.42 Å². The van der Waals surface area contributed by atoms with E-state index in [1.54, 1.807) is 41.5 Å². The van der Waals surface area contributed by atoms with Gasteiger partial charge in [-0.1, -0.05) is 18.2 Å². The summed E-state index contributed by atoms with van der Waals surface area (Å²) in [6, 6.07) is 8.57. The molecule has 0 aliphatic rings. The van der Waals surface area contributed by atoms with Gasteiger partial charge in [0.15, 0.2) is 0 Å². The molecule has 1 unspecified atom stereocenters. The van der Waals surface area contributed by atoms with Crippen molar-refractivity contribution < 1.29 is 9.21 Å². The second kappa shape index (κ2) is 6.20. The van der Waals surface area contributed by atoms with Gasteiger partial charge in [0.1, 0.15) is 11.1 Å². The van der Waals surface area contributed by atoms with Gasteiger partial charge < -0.3 is 9.32 Å². The maximum atomic E-state index is 12.8. The summed E-state index contributed by atoms with van der Waals surface area (Å²) in [5.41, 5.74) is 0.816. The minimum Gasteiger partial charge on any atom is -0.422 e. The van der Waals surface area contributed by atoms with Crippen molar-refractivity contribution in [2.24, 2.45) is 0 Å². The van der Waals surface area contributed by atoms with E-state index in [-0.39, 0.29) is 17.5 Å². The first-order chi connectivity index (χ1) is 11.4. The molecule has 0 saturated heterocycles. The van der Waals surface area contributed by atoms with Crippen molar-refractivity contribution in [3.05, 3.63) is 61.9 Å². The number of hydrogen-bond donors (Lipinski definition) is 0. The van der Waals surface area contributed by atoms with E-state index >= 15 is 0 Å². The lowest BCUT2D eigenvalue weighted by molar-refractivity contribution is 0.0740. The monoisotopic (exact) mass is 342 g/mol. The van der Waals surface area contributed by atoms with Gasteiger partial charge in [-0.15, -0.1) is 11.3 Å². The van der Waals surface area contributed by atoms with E-state index in [1.165, 1.54) is 0 Å². The predicted octanol–water partition coefficient (Wildman–Crippen LogP) is 3.70. The number of rotatable bonds is 3. The molecular formula is C18H18N2O3S. The van der Waals surface area contributed by atoms with Gasteiger partial charge in [-0.05, 0) is 32.9 Å². The van der Waals surface area contributed by atoms with E-state index in [1.807, 2.05) is 32.9 Å². The number of aromatic nitrogens is 1. The molecule has 1 atom stereocenters. The first-order valence-corrected chi connectivity index (χ1v) is 8.44. The van der Waals surface area contributed by atoms with Gasteiger partial charge >= 0.3 is 5.63 Å². The van der Waals surface area contributed by atoms with Gasteiger partial charge in [0, 0.05) is 17.3 Å². The van der Waals surface area contributed by atoms with Gasteiger partial charge in [0.25, 0.3) is 5.91 Å². The Labute approximate surface area is 143 Å². The maximum Gasteiger partial charge on any atom is 0.349 e. The topological polar surface area (TPSA) is 63.4 Å². The van der Waals surface area contributed by atoms with Crippen molar-refractivity contribution in [1.82, 2.24) is 9.88 Å². The zero-order valence-corrected chi connectivity index (χ0v) is 14.8. The van der Waals surface area contributed by atoms with Gasteiger partial charge in [0.2, 0.25) is 0 Å². The molecule has 5 nitrogen and oxygen atoms in total. The Bertz CT molecular complexity index is 974. The van der Waals surface area contributed by atoms with Crippen molar-refractivity contribution in [3.8, 4) is 0 Å². The molecule has 0 N–H and O–H groups in total. The number of thiazole rings is 1. The molecule has 0 saturated carbocycles. The SMILES string of the molecule is Cc1nc(C)c(C(C)N(C)C(=O)c2cc3ccccc3oc2=O)s1. The van der Waals surface area contributed by atoms with Crippen LogP contribution in [0, 0.1) is 13.8 Å². The number of nitrogens with zero attached hydrogens (tertiary/aromatic N) is 2. The smallest absolute Gasteiger partial charge is 0.349 e. The number of amides is 1. The number of aryl methyl sites for hydroxylation is 2. The molecular weight excluding hydrogens is 324 g/mol. The molecule has 6 heteroatoms. The third-order valence-corrected chi connectivity index (χ3v) is 5.34. The van der Waals surface area contributed by atoms with Crippen LogP contribution in [0.2, 0.25) is 0 Å². The quantitative estimate of drug-likeness (QED) is 0.681. The Hall–Kier alpha value is -2.47. The lowest BCUT2D eigenvalue weighted by atomic mass is 10.1. The summed E-state index contributed by atoms with van der Waals surface area (Å²) < 4.78 is 5.26. The fraction of sp³-hybridized carbons (Fsp3) is 0.278. The minimum atomic E-state index is -0.616. The standard InChI is InChI=1S/C18H18N2O3S/c1-10-16(24-12(3)19-10)11(2)20(4)17(21)14-9-13-7-5-6-8-15(13)23-18(14)22/h5-9,11H,1-4H3. The normalized spacial score (nSPS) is 12.3. The van der Waals surface area contributed by atoms with E-state index in [0.717, 1.165) is 21.0 Å². The highest BCUT2D eigenvalue weighted by atomic mass is 32.1. The van der Waals surface area contributed by atoms with Crippen molar-refractivity contribution in [1.29, 1.82) is 0 Å². The second-order valence-corrected chi connectivity index (χ2v) is 6.99. The maximum absolute atomic E-state index is 12.8. The lowest BCUT2D eigenvalue weighted by Crippen LogP contribution is -2.32. The third-order valence-electron chi connectivity index (χ3n) is 4.09. The van der Waals surface area contributed by atoms with Crippen LogP contribution >= 0.6 is 11.3 Å². The lowest BCUT2D eigenvalue weighted by Gasteiger charge is -2.24. The molecule has 1 amide bonds. The number of fused-ring (bicyclic) bond motifs is 1. The Morgan fingerprint density at radius 3 is 2.67 bits per heavy atom. The first kappa shape index (κ1) is 16.4. The van der Waals surface area contributed by atoms with Crippen molar-refractivity contribution in [3.63, 3.8) is 0 Å². The van der Waals surface area contributed by atoms with Crippen LogP contribution in [0.1, 0.15) is 38.9 Å². The molecule has 0 fully saturated rings. The zero-order chi connectivity index (χ0) is 17.4. The summed E-state index contributed by atoms with van der Waals surface area (Å²) in [6.45, 7) is 5.80. The highest BCUT2D eigenvalue weighted by Crippen LogP contribution is 2.29. The molecule has 24 heavy (non-hydrogen) atoms. The fourth-order valence-electron chi connectivity index (χ4n) is 2.69. The zero-order valence-electron chi connectivity index (χ0n) is 14.0. The summed E-state index contributed by atoms with van der Waals surface area (Å²) >= 11 is 1.56. The molecule has 1 aromatic carbocycles. The van der Waals surface area contributed by atoms with Crippen LogP contribution in [0.4, 0.5) is 0 Å². The van der Waals surface area contributed by atoms with Crippen molar-refractivity contribution in [2.45, 2.75) is 26.8 Å². The molecule has 0 aliphatic heterocycles. The van der Waals surface area contributed by atoms with Gasteiger partial charge in [0.05, 0.1) is 16.7 Å². The number of hydrogen-bond acceptors (Lipinski definition) is 5. The van der Waals surface area contributed by atoms with Crippen LogP contribution in [0.15, 0.2) is 39.5 Å². The second-order valence-electron chi connectivity index (χ2n) is 5.76. The number of carbonyl (C=O) groups is 1. The number of benzene rings is 1. The molecule has 2 heterocycles. The third kappa shape index (κ3) is 2.85. The molecule has 0 bridgehead atoms. The Morgan fingerprint density at radius 1 is 1.29 bits per heavy atom. The van der Waals surface area contributed by atoms with E-state index in [9.17, 15) is 9.59 Å². The van der Waals surface area contributed by atoms with Crippen molar-refractivity contribution >= 4 is 28.2 Å². The summed E-state index contributed by atoms with van der Waals surface area (Å²) in [4.78, 5) is 32.0. The average molecular weight is 342 g/mol. The number of para-hydroxylation sites is 1. The highest BCUT2D eigenvalue weighted by molar-refractivity contribution is 7.11. The largest absolute Gasteiger partial charge is 0.422 e. The van der Waals surface area contributed by atoms with E-state index in [0.29, 0.717) is 5.58 Å². The Kier molecular flexibility index (Phi) is 4.24. The van der Waals surface area contributed by atoms with E-state index < -0.39 is 5.63 Å². The first-order valence-electron chi connectivity index (χ1n) is 7.62. The average Bonchev–Trinajstić information content (AvgIpc) is 2.90. The molecule has 3 aromatic rings. The highest BCUT2D eigenvalue weighted by Gasteiger charge is 2.25. The minimum absolute atomic E-state index is 0.0435. The molecule has 124 valence electrons. The van der Waals surface area contributed by atoms with Gasteiger partial charge in [-0.25, -0.2) is 9.78 Å².